The zero-order chi connectivity index (χ0) is 9.47. The van der Waals surface area contributed by atoms with Crippen molar-refractivity contribution in [2.45, 2.75) is 19.3 Å². The highest BCUT2D eigenvalue weighted by Crippen LogP contribution is 2.57. The molecule has 72 valence electrons. The van der Waals surface area contributed by atoms with E-state index in [1.807, 2.05) is 0 Å². The van der Waals surface area contributed by atoms with E-state index in [2.05, 4.69) is 12.2 Å². The number of rotatable bonds is 3. The van der Waals surface area contributed by atoms with Gasteiger partial charge in [-0.25, -0.2) is 0 Å². The third kappa shape index (κ3) is 1.18. The van der Waals surface area contributed by atoms with Crippen molar-refractivity contribution in [1.82, 2.24) is 0 Å². The predicted molar refractivity (Wildman–Crippen MR) is 49.1 cm³/mol. The molecule has 0 amide bonds. The predicted octanol–water partition coefficient (Wildman–Crippen LogP) is 1.00. The number of carboxylic acids is 1. The summed E-state index contributed by atoms with van der Waals surface area (Å²) < 4.78 is 0. The minimum atomic E-state index is -0.718. The van der Waals surface area contributed by atoms with Gasteiger partial charge in [0.2, 0.25) is 0 Å². The van der Waals surface area contributed by atoms with E-state index in [1.54, 1.807) is 0 Å². The maximum Gasteiger partial charge on any atom is 0.303 e. The van der Waals surface area contributed by atoms with Crippen LogP contribution in [0.5, 0.6) is 0 Å². The van der Waals surface area contributed by atoms with Gasteiger partial charge < -0.3 is 10.8 Å². The summed E-state index contributed by atoms with van der Waals surface area (Å²) in [6, 6.07) is 0. The first kappa shape index (κ1) is 8.75. The zero-order valence-electron chi connectivity index (χ0n) is 7.57. The quantitative estimate of drug-likeness (QED) is 0.638. The van der Waals surface area contributed by atoms with Crippen molar-refractivity contribution in [3.05, 3.63) is 12.2 Å². The van der Waals surface area contributed by atoms with Crippen molar-refractivity contribution in [1.29, 1.82) is 0 Å². The van der Waals surface area contributed by atoms with Crippen molar-refractivity contribution < 1.29 is 9.90 Å². The van der Waals surface area contributed by atoms with Crippen LogP contribution >= 0.6 is 0 Å². The van der Waals surface area contributed by atoms with Crippen LogP contribution in [0.15, 0.2) is 12.2 Å². The van der Waals surface area contributed by atoms with Gasteiger partial charge in [-0.3, -0.25) is 4.79 Å². The SMILES string of the molecule is NC[C@@]1(CC(=O)O)C[C@@H]2CC=C[C@@H]21. The van der Waals surface area contributed by atoms with E-state index in [1.165, 1.54) is 0 Å². The minimum Gasteiger partial charge on any atom is -0.481 e. The molecular formula is C10H15NO2. The largest absolute Gasteiger partial charge is 0.481 e. The van der Waals surface area contributed by atoms with Crippen LogP contribution < -0.4 is 5.73 Å². The standard InChI is InChI=1S/C10H15NO2/c11-6-10(5-9(12)13)4-7-2-1-3-8(7)10/h1,3,7-8H,2,4-6,11H2,(H,12,13)/t7-,8-,10-/m0/s1. The van der Waals surface area contributed by atoms with Crippen molar-refractivity contribution >= 4 is 5.97 Å². The van der Waals surface area contributed by atoms with Crippen LogP contribution in [0.25, 0.3) is 0 Å². The molecule has 3 nitrogen and oxygen atoms in total. The molecule has 0 aromatic rings. The molecule has 3 heteroatoms. The Hall–Kier alpha value is -0.830. The molecule has 0 aromatic heterocycles. The van der Waals surface area contributed by atoms with E-state index in [9.17, 15) is 4.79 Å². The summed E-state index contributed by atoms with van der Waals surface area (Å²) in [6.45, 7) is 0.505. The maximum absolute atomic E-state index is 10.7. The Balaban J connectivity index is 2.09. The van der Waals surface area contributed by atoms with Crippen LogP contribution in [0.4, 0.5) is 0 Å². The smallest absolute Gasteiger partial charge is 0.303 e. The van der Waals surface area contributed by atoms with Crippen LogP contribution in [0.1, 0.15) is 19.3 Å². The van der Waals surface area contributed by atoms with Crippen LogP contribution in [0.2, 0.25) is 0 Å². The topological polar surface area (TPSA) is 63.3 Å². The van der Waals surface area contributed by atoms with Gasteiger partial charge in [-0.1, -0.05) is 12.2 Å². The average molecular weight is 181 g/mol. The number of fused-ring (bicyclic) bond motifs is 1. The average Bonchev–Trinajstić information content (AvgIpc) is 2.43. The monoisotopic (exact) mass is 181 g/mol. The number of hydrogen-bond acceptors (Lipinski definition) is 2. The number of carbonyl (C=O) groups is 1. The van der Waals surface area contributed by atoms with Crippen molar-refractivity contribution in [2.24, 2.45) is 23.0 Å². The normalized spacial score (nSPS) is 41.3. The van der Waals surface area contributed by atoms with E-state index < -0.39 is 5.97 Å². The molecule has 3 atom stereocenters. The molecule has 0 saturated heterocycles. The lowest BCUT2D eigenvalue weighted by Crippen LogP contribution is -2.51. The van der Waals surface area contributed by atoms with Crippen LogP contribution in [-0.2, 0) is 4.79 Å². The summed E-state index contributed by atoms with van der Waals surface area (Å²) in [5, 5.41) is 8.79. The van der Waals surface area contributed by atoms with E-state index >= 15 is 0 Å². The first-order valence-corrected chi connectivity index (χ1v) is 4.76. The first-order chi connectivity index (χ1) is 6.18. The van der Waals surface area contributed by atoms with E-state index in [0.717, 1.165) is 12.8 Å². The second-order valence-corrected chi connectivity index (χ2v) is 4.29. The molecule has 0 bridgehead atoms. The third-order valence-corrected chi connectivity index (χ3v) is 3.58. The third-order valence-electron chi connectivity index (χ3n) is 3.58. The maximum atomic E-state index is 10.7. The zero-order valence-corrected chi connectivity index (χ0v) is 7.57. The Kier molecular flexibility index (Phi) is 1.91. The minimum absolute atomic E-state index is 0.122. The number of carboxylic acid groups (broad SMARTS) is 1. The van der Waals surface area contributed by atoms with Crippen molar-refractivity contribution in [3.63, 3.8) is 0 Å². The lowest BCUT2D eigenvalue weighted by molar-refractivity contribution is -0.144. The molecule has 0 radical (unpaired) electrons. The Bertz CT molecular complexity index is 262. The van der Waals surface area contributed by atoms with Gasteiger partial charge in [0.25, 0.3) is 0 Å². The number of aliphatic carboxylic acids is 1. The van der Waals surface area contributed by atoms with E-state index in [-0.39, 0.29) is 11.8 Å². The highest BCUT2D eigenvalue weighted by atomic mass is 16.4. The summed E-state index contributed by atoms with van der Waals surface area (Å²) in [6.07, 6.45) is 6.66. The second-order valence-electron chi connectivity index (χ2n) is 4.29. The molecule has 0 aromatic carbocycles. The summed E-state index contributed by atoms with van der Waals surface area (Å²) in [5.74, 6) is 0.403. The fraction of sp³-hybridized carbons (Fsp3) is 0.700. The molecule has 1 fully saturated rings. The number of hydrogen-bond donors (Lipinski definition) is 2. The molecule has 2 aliphatic rings. The van der Waals surface area contributed by atoms with Crippen LogP contribution in [0, 0.1) is 17.3 Å². The Morgan fingerprint density at radius 3 is 3.00 bits per heavy atom. The van der Waals surface area contributed by atoms with Gasteiger partial charge in [-0.15, -0.1) is 0 Å². The van der Waals surface area contributed by atoms with Gasteiger partial charge >= 0.3 is 5.97 Å². The fourth-order valence-electron chi connectivity index (χ4n) is 2.90. The molecule has 3 N–H and O–H groups in total. The fourth-order valence-corrected chi connectivity index (χ4v) is 2.90. The second kappa shape index (κ2) is 2.84. The Morgan fingerprint density at radius 1 is 1.69 bits per heavy atom. The van der Waals surface area contributed by atoms with Gasteiger partial charge in [0.05, 0.1) is 6.42 Å². The van der Waals surface area contributed by atoms with E-state index in [4.69, 9.17) is 10.8 Å². The molecule has 2 rings (SSSR count). The number of allylic oxidation sites excluding steroid dienone is 2. The summed E-state index contributed by atoms with van der Waals surface area (Å²) in [4.78, 5) is 10.7. The van der Waals surface area contributed by atoms with Crippen LogP contribution in [0.3, 0.4) is 0 Å². The van der Waals surface area contributed by atoms with Crippen molar-refractivity contribution in [3.8, 4) is 0 Å². The highest BCUT2D eigenvalue weighted by molar-refractivity contribution is 5.68. The first-order valence-electron chi connectivity index (χ1n) is 4.76. The molecule has 13 heavy (non-hydrogen) atoms. The molecule has 0 unspecified atom stereocenters. The Labute approximate surface area is 77.6 Å². The van der Waals surface area contributed by atoms with Gasteiger partial charge in [-0.05, 0) is 36.6 Å². The lowest BCUT2D eigenvalue weighted by atomic mass is 9.53. The van der Waals surface area contributed by atoms with Gasteiger partial charge in [0.15, 0.2) is 0 Å². The molecule has 2 aliphatic carbocycles. The lowest BCUT2D eigenvalue weighted by Gasteiger charge is -2.51. The van der Waals surface area contributed by atoms with Gasteiger partial charge in [-0.2, -0.15) is 0 Å². The molecule has 0 spiro atoms. The van der Waals surface area contributed by atoms with Crippen molar-refractivity contribution in [2.75, 3.05) is 6.54 Å². The molecular weight excluding hydrogens is 166 g/mol. The van der Waals surface area contributed by atoms with Crippen LogP contribution in [-0.4, -0.2) is 17.6 Å². The molecule has 0 aliphatic heterocycles. The number of nitrogens with two attached hydrogens (primary N) is 1. The summed E-state index contributed by atoms with van der Waals surface area (Å²) in [7, 11) is 0. The molecule has 0 heterocycles. The summed E-state index contributed by atoms with van der Waals surface area (Å²) >= 11 is 0. The highest BCUT2D eigenvalue weighted by Gasteiger charge is 2.53. The Morgan fingerprint density at radius 2 is 2.46 bits per heavy atom. The van der Waals surface area contributed by atoms with E-state index in [0.29, 0.717) is 18.4 Å². The van der Waals surface area contributed by atoms with Gasteiger partial charge in [0.1, 0.15) is 0 Å². The summed E-state index contributed by atoms with van der Waals surface area (Å²) in [5.41, 5.74) is 5.55. The van der Waals surface area contributed by atoms with Gasteiger partial charge in [0, 0.05) is 0 Å². The molecule has 1 saturated carbocycles.